The highest BCUT2D eigenvalue weighted by molar-refractivity contribution is 5.97. The van der Waals surface area contributed by atoms with Gasteiger partial charge in [0.2, 0.25) is 11.5 Å². The number of benzene rings is 1. The van der Waals surface area contributed by atoms with Gasteiger partial charge in [-0.15, -0.1) is 0 Å². The van der Waals surface area contributed by atoms with Crippen LogP contribution in [0.25, 0.3) is 0 Å². The number of aryl methyl sites for hydroxylation is 1. The molecule has 13 heteroatoms. The zero-order chi connectivity index (χ0) is 32.0. The van der Waals surface area contributed by atoms with Crippen LogP contribution in [0.1, 0.15) is 84.1 Å². The Labute approximate surface area is 256 Å². The summed E-state index contributed by atoms with van der Waals surface area (Å²) in [5, 5.41) is 10.5. The van der Waals surface area contributed by atoms with Gasteiger partial charge >= 0.3 is 0 Å². The summed E-state index contributed by atoms with van der Waals surface area (Å²) >= 11 is 0. The molecule has 3 heterocycles. The minimum absolute atomic E-state index is 0.0457. The van der Waals surface area contributed by atoms with Crippen LogP contribution in [0.3, 0.4) is 0 Å². The number of rotatable bonds is 4. The number of nitrogens with zero attached hydrogens (tertiary/aromatic N) is 4. The van der Waals surface area contributed by atoms with Gasteiger partial charge in [-0.1, -0.05) is 27.7 Å². The zero-order valence-corrected chi connectivity index (χ0v) is 26.1. The Morgan fingerprint density at radius 3 is 2.57 bits per heavy atom. The maximum Gasteiger partial charge on any atom is 0.256 e. The first kappa shape index (κ1) is 32.2. The lowest BCUT2D eigenvalue weighted by Gasteiger charge is -2.27. The van der Waals surface area contributed by atoms with E-state index >= 15 is 0 Å². The maximum atomic E-state index is 13.8. The first-order chi connectivity index (χ1) is 21.0. The van der Waals surface area contributed by atoms with Crippen LogP contribution in [0.5, 0.6) is 11.5 Å². The minimum Gasteiger partial charge on any atom is -0.493 e. The number of aromatic amines is 1. The normalized spacial score (nSPS) is 16.8. The second-order valence-electron chi connectivity index (χ2n) is 11.4. The second kappa shape index (κ2) is 14.2. The lowest BCUT2D eigenvalue weighted by Crippen LogP contribution is -2.44. The van der Waals surface area contributed by atoms with Crippen LogP contribution in [0.2, 0.25) is 0 Å². The average Bonchev–Trinajstić information content (AvgIpc) is 3.35. The number of carbonyl (C=O) groups excluding carboxylic acids is 3. The molecule has 4 rings (SSSR count). The topological polar surface area (TPSA) is 161 Å². The molecule has 0 saturated carbocycles. The molecule has 0 saturated heterocycles. The van der Waals surface area contributed by atoms with E-state index in [0.717, 1.165) is 0 Å². The zero-order valence-electron chi connectivity index (χ0n) is 26.1. The van der Waals surface area contributed by atoms with Gasteiger partial charge in [-0.3, -0.25) is 19.2 Å². The molecule has 0 radical (unpaired) electrons. The number of hydrogen-bond donors (Lipinski definition) is 3. The summed E-state index contributed by atoms with van der Waals surface area (Å²) in [7, 11) is 1.53. The molecule has 44 heavy (non-hydrogen) atoms. The van der Waals surface area contributed by atoms with E-state index in [1.807, 2.05) is 27.7 Å². The number of fused-ring (bicyclic) bond motifs is 3. The van der Waals surface area contributed by atoms with Crippen LogP contribution < -0.4 is 25.7 Å². The number of pyridine rings is 1. The first-order valence-corrected chi connectivity index (χ1v) is 14.8. The molecule has 3 aromatic rings. The van der Waals surface area contributed by atoms with E-state index in [4.69, 9.17) is 9.47 Å². The van der Waals surface area contributed by atoms with Crippen molar-refractivity contribution < 1.29 is 23.9 Å². The van der Waals surface area contributed by atoms with Gasteiger partial charge in [0.1, 0.15) is 18.3 Å². The molecule has 0 spiro atoms. The molecule has 13 nitrogen and oxygen atoms in total. The number of methoxy groups -OCH3 is 1. The van der Waals surface area contributed by atoms with Crippen LogP contribution in [0, 0.1) is 12.8 Å². The van der Waals surface area contributed by atoms with E-state index in [0.29, 0.717) is 52.9 Å². The summed E-state index contributed by atoms with van der Waals surface area (Å²) in [6, 6.07) is 7.26. The lowest BCUT2D eigenvalue weighted by atomic mass is 10.0. The van der Waals surface area contributed by atoms with Crippen LogP contribution in [-0.2, 0) is 11.3 Å². The SMILES string of the molecule is COc1ccc2cc1OCCn1nc(C)nc1[C@H](C(C)C)NC(=O)CN(C(=O)c1ccc(=O)[nH]c1C(C)C)CCCNC2=O. The lowest BCUT2D eigenvalue weighted by molar-refractivity contribution is -0.123. The molecule has 1 aromatic carbocycles. The van der Waals surface area contributed by atoms with Gasteiger partial charge in [0.15, 0.2) is 11.5 Å². The highest BCUT2D eigenvalue weighted by Crippen LogP contribution is 2.28. The molecular weight excluding hydrogens is 566 g/mol. The summed E-state index contributed by atoms with van der Waals surface area (Å²) in [6.45, 7) is 10.2. The molecule has 0 unspecified atom stereocenters. The van der Waals surface area contributed by atoms with Crippen molar-refractivity contribution in [2.45, 2.75) is 59.5 Å². The standard InChI is InChI=1S/C31H41N7O6/c1-18(2)27-22(9-11-25(39)34-27)31(42)37-13-7-12-32-30(41)21-8-10-23(43-6)24(16-21)44-15-14-38-29(33-20(5)36-38)28(19(3)4)35-26(40)17-37/h8-11,16,18-19,28H,7,12-15,17H2,1-6H3,(H,32,41)(H,34,39)(H,35,40)/t28-/m0/s1. The second-order valence-corrected chi connectivity index (χ2v) is 11.4. The van der Waals surface area contributed by atoms with E-state index in [-0.39, 0.29) is 55.5 Å². The molecule has 1 atom stereocenters. The molecule has 2 bridgehead atoms. The van der Waals surface area contributed by atoms with Crippen molar-refractivity contribution >= 4 is 17.7 Å². The van der Waals surface area contributed by atoms with Gasteiger partial charge in [0.25, 0.3) is 11.8 Å². The molecule has 0 aliphatic carbocycles. The van der Waals surface area contributed by atoms with Crippen molar-refractivity contribution in [3.8, 4) is 11.5 Å². The number of ether oxygens (including phenoxy) is 2. The number of hydrogen-bond acceptors (Lipinski definition) is 8. The van der Waals surface area contributed by atoms with Crippen LogP contribution in [0.15, 0.2) is 35.1 Å². The highest BCUT2D eigenvalue weighted by Gasteiger charge is 2.28. The summed E-state index contributed by atoms with van der Waals surface area (Å²) in [5.74, 6) is 0.743. The smallest absolute Gasteiger partial charge is 0.256 e. The molecule has 3 amide bonds. The largest absolute Gasteiger partial charge is 0.493 e. The summed E-state index contributed by atoms with van der Waals surface area (Å²) in [5.41, 5.74) is 0.898. The van der Waals surface area contributed by atoms with Crippen molar-refractivity contribution in [1.82, 2.24) is 35.3 Å². The number of nitrogens with one attached hydrogen (secondary N) is 3. The van der Waals surface area contributed by atoms with E-state index in [2.05, 4.69) is 25.7 Å². The van der Waals surface area contributed by atoms with E-state index < -0.39 is 11.9 Å². The molecule has 3 N–H and O–H groups in total. The Balaban J connectivity index is 1.70. The van der Waals surface area contributed by atoms with Gasteiger partial charge in [-0.05, 0) is 49.4 Å². The number of H-pyrrole nitrogens is 1. The Kier molecular flexibility index (Phi) is 10.4. The van der Waals surface area contributed by atoms with Crippen molar-refractivity contribution in [3.63, 3.8) is 0 Å². The summed E-state index contributed by atoms with van der Waals surface area (Å²) in [6.07, 6.45) is 0.381. The Hall–Kier alpha value is -4.68. The van der Waals surface area contributed by atoms with Crippen molar-refractivity contribution in [2.75, 3.05) is 33.4 Å². The quantitative estimate of drug-likeness (QED) is 0.408. The number of carbonyl (C=O) groups is 3. The van der Waals surface area contributed by atoms with Crippen LogP contribution in [0.4, 0.5) is 0 Å². The predicted molar refractivity (Wildman–Crippen MR) is 163 cm³/mol. The van der Waals surface area contributed by atoms with Gasteiger partial charge in [0.05, 0.1) is 31.8 Å². The third-order valence-corrected chi connectivity index (χ3v) is 7.32. The molecule has 2 aromatic heterocycles. The molecule has 1 aliphatic rings. The third-order valence-electron chi connectivity index (χ3n) is 7.32. The van der Waals surface area contributed by atoms with Crippen molar-refractivity contribution in [1.29, 1.82) is 0 Å². The maximum absolute atomic E-state index is 13.8. The van der Waals surface area contributed by atoms with Gasteiger partial charge in [-0.25, -0.2) is 9.67 Å². The fraction of sp³-hybridized carbons (Fsp3) is 0.484. The minimum atomic E-state index is -0.490. The highest BCUT2D eigenvalue weighted by atomic mass is 16.5. The van der Waals surface area contributed by atoms with Crippen molar-refractivity contribution in [2.24, 2.45) is 5.92 Å². The number of aromatic nitrogens is 4. The van der Waals surface area contributed by atoms with E-state index in [1.54, 1.807) is 29.8 Å². The average molecular weight is 608 g/mol. The Morgan fingerprint density at radius 2 is 1.86 bits per heavy atom. The number of amides is 3. The van der Waals surface area contributed by atoms with E-state index in [1.165, 1.54) is 24.1 Å². The fourth-order valence-corrected chi connectivity index (χ4v) is 5.09. The summed E-state index contributed by atoms with van der Waals surface area (Å²) < 4.78 is 13.1. The Bertz CT molecular complexity index is 1560. The monoisotopic (exact) mass is 607 g/mol. The van der Waals surface area contributed by atoms with E-state index in [9.17, 15) is 19.2 Å². The van der Waals surface area contributed by atoms with Gasteiger partial charge < -0.3 is 30.0 Å². The predicted octanol–water partition coefficient (Wildman–Crippen LogP) is 2.58. The van der Waals surface area contributed by atoms with Crippen LogP contribution in [-0.4, -0.2) is 75.7 Å². The van der Waals surface area contributed by atoms with Gasteiger partial charge in [-0.2, -0.15) is 5.10 Å². The molecule has 0 fully saturated rings. The molecule has 1 aliphatic heterocycles. The van der Waals surface area contributed by atoms with Gasteiger partial charge in [0, 0.05) is 30.4 Å². The fourth-order valence-electron chi connectivity index (χ4n) is 5.09. The Morgan fingerprint density at radius 1 is 1.09 bits per heavy atom. The third kappa shape index (κ3) is 7.63. The molecular formula is C31H41N7O6. The first-order valence-electron chi connectivity index (χ1n) is 14.8. The summed E-state index contributed by atoms with van der Waals surface area (Å²) in [4.78, 5) is 61.2. The van der Waals surface area contributed by atoms with Crippen molar-refractivity contribution in [3.05, 3.63) is 69.2 Å². The van der Waals surface area contributed by atoms with Crippen LogP contribution >= 0.6 is 0 Å². The molecule has 236 valence electrons.